The molecule has 1 unspecified atom stereocenters. The number of hydrogen-bond acceptors (Lipinski definition) is 0. The first-order chi connectivity index (χ1) is 5.52. The Kier molecular flexibility index (Phi) is 3.09. The van der Waals surface area contributed by atoms with Crippen LogP contribution < -0.4 is 0 Å². The smallest absolute Gasteiger partial charge is 0.121 e. The van der Waals surface area contributed by atoms with E-state index in [2.05, 4.69) is 22.6 Å². The summed E-state index contributed by atoms with van der Waals surface area (Å²) in [5, 5.41) is 0. The normalized spacial score (nSPS) is 14.3. The van der Waals surface area contributed by atoms with Gasteiger partial charge in [-0.1, -0.05) is 52.9 Å². The van der Waals surface area contributed by atoms with Gasteiger partial charge in [0.25, 0.3) is 0 Å². The fourth-order valence-corrected chi connectivity index (χ4v) is 1.43. The maximum absolute atomic E-state index is 13.5. The van der Waals surface area contributed by atoms with Gasteiger partial charge in [0, 0.05) is 0 Å². The third-order valence-electron chi connectivity index (χ3n) is 1.69. The van der Waals surface area contributed by atoms with Crippen LogP contribution in [0.25, 0.3) is 0 Å². The number of hydrogen-bond donors (Lipinski definition) is 0. The van der Waals surface area contributed by atoms with Crippen LogP contribution in [0.1, 0.15) is 23.3 Å². The Morgan fingerprint density at radius 2 is 1.75 bits per heavy atom. The first kappa shape index (κ1) is 9.96. The van der Waals surface area contributed by atoms with Crippen molar-refractivity contribution in [2.75, 3.05) is 0 Å². The molecule has 0 heterocycles. The first-order valence-corrected chi connectivity index (χ1v) is 5.14. The molecule has 0 aliphatic rings. The molecule has 0 saturated heterocycles. The van der Waals surface area contributed by atoms with Crippen LogP contribution in [0.15, 0.2) is 30.3 Å². The number of rotatable bonds is 2. The fraction of sp³-hybridized carbons (Fsp3) is 0.400. The highest BCUT2D eigenvalue weighted by molar-refractivity contribution is 14.1. The second-order valence-corrected chi connectivity index (χ2v) is 4.58. The molecule has 1 rings (SSSR count). The van der Waals surface area contributed by atoms with E-state index in [9.17, 15) is 4.39 Å². The maximum Gasteiger partial charge on any atom is 0.121 e. The van der Waals surface area contributed by atoms with E-state index < -0.39 is 5.67 Å². The second kappa shape index (κ2) is 3.73. The van der Waals surface area contributed by atoms with Crippen molar-refractivity contribution in [2.45, 2.75) is 23.4 Å². The molecule has 12 heavy (non-hydrogen) atoms. The highest BCUT2D eigenvalue weighted by atomic mass is 127. The van der Waals surface area contributed by atoms with Crippen LogP contribution in [0.3, 0.4) is 0 Å². The lowest BCUT2D eigenvalue weighted by atomic mass is 10.0. The molecule has 66 valence electrons. The second-order valence-electron chi connectivity index (χ2n) is 3.34. The van der Waals surface area contributed by atoms with Gasteiger partial charge in [0.1, 0.15) is 5.67 Å². The topological polar surface area (TPSA) is 0 Å². The van der Waals surface area contributed by atoms with E-state index in [0.29, 0.717) is 0 Å². The standard InChI is InChI=1S/C10H12FI/c1-10(2,11)9(12)8-6-4-3-5-7-8/h3-7,9H,1-2H3. The minimum absolute atomic E-state index is 0.0729. The van der Waals surface area contributed by atoms with Crippen LogP contribution >= 0.6 is 22.6 Å². The molecular formula is C10H12FI. The van der Waals surface area contributed by atoms with Gasteiger partial charge in [0.05, 0.1) is 3.92 Å². The lowest BCUT2D eigenvalue weighted by molar-refractivity contribution is 0.219. The Bertz CT molecular complexity index is 238. The van der Waals surface area contributed by atoms with Gasteiger partial charge in [-0.3, -0.25) is 0 Å². The Morgan fingerprint density at radius 1 is 1.25 bits per heavy atom. The van der Waals surface area contributed by atoms with Gasteiger partial charge in [-0.05, 0) is 19.4 Å². The van der Waals surface area contributed by atoms with Crippen molar-refractivity contribution >= 4 is 22.6 Å². The van der Waals surface area contributed by atoms with E-state index in [1.54, 1.807) is 13.8 Å². The Hall–Kier alpha value is -0.120. The summed E-state index contributed by atoms with van der Waals surface area (Å²) in [7, 11) is 0. The number of halogens is 2. The Morgan fingerprint density at radius 3 is 2.17 bits per heavy atom. The molecule has 0 aromatic heterocycles. The molecule has 0 N–H and O–H groups in total. The Labute approximate surface area is 86.3 Å². The molecular weight excluding hydrogens is 266 g/mol. The molecule has 0 bridgehead atoms. The van der Waals surface area contributed by atoms with Gasteiger partial charge in [-0.25, -0.2) is 4.39 Å². The largest absolute Gasteiger partial charge is 0.243 e. The van der Waals surface area contributed by atoms with Crippen LogP contribution in [0, 0.1) is 0 Å². The van der Waals surface area contributed by atoms with Crippen LogP contribution in [0.5, 0.6) is 0 Å². The lowest BCUT2D eigenvalue weighted by Crippen LogP contribution is -2.18. The van der Waals surface area contributed by atoms with Crippen molar-refractivity contribution in [3.63, 3.8) is 0 Å². The molecule has 0 aliphatic carbocycles. The Balaban J connectivity index is 2.86. The molecule has 0 saturated carbocycles. The van der Waals surface area contributed by atoms with E-state index in [-0.39, 0.29) is 3.92 Å². The summed E-state index contributed by atoms with van der Waals surface area (Å²) < 4.78 is 13.4. The molecule has 0 radical (unpaired) electrons. The summed E-state index contributed by atoms with van der Waals surface area (Å²) in [4.78, 5) is 0. The van der Waals surface area contributed by atoms with Crippen LogP contribution in [-0.4, -0.2) is 5.67 Å². The lowest BCUT2D eigenvalue weighted by Gasteiger charge is -2.21. The SMILES string of the molecule is CC(C)(F)C(I)c1ccccc1. The van der Waals surface area contributed by atoms with Gasteiger partial charge in [0.15, 0.2) is 0 Å². The fourth-order valence-electron chi connectivity index (χ4n) is 1.02. The highest BCUT2D eigenvalue weighted by Crippen LogP contribution is 2.36. The van der Waals surface area contributed by atoms with Gasteiger partial charge >= 0.3 is 0 Å². The zero-order chi connectivity index (χ0) is 9.19. The summed E-state index contributed by atoms with van der Waals surface area (Å²) in [5.41, 5.74) is -0.104. The molecule has 1 aromatic rings. The molecule has 0 nitrogen and oxygen atoms in total. The predicted molar refractivity (Wildman–Crippen MR) is 58.4 cm³/mol. The van der Waals surface area contributed by atoms with Gasteiger partial charge in [-0.15, -0.1) is 0 Å². The average molecular weight is 278 g/mol. The minimum atomic E-state index is -1.15. The molecule has 0 fully saturated rings. The van der Waals surface area contributed by atoms with Gasteiger partial charge in [-0.2, -0.15) is 0 Å². The van der Waals surface area contributed by atoms with E-state index in [0.717, 1.165) is 5.56 Å². The highest BCUT2D eigenvalue weighted by Gasteiger charge is 2.27. The van der Waals surface area contributed by atoms with Gasteiger partial charge in [0.2, 0.25) is 0 Å². The van der Waals surface area contributed by atoms with Crippen molar-refractivity contribution in [1.29, 1.82) is 0 Å². The van der Waals surface area contributed by atoms with Crippen LogP contribution in [0.2, 0.25) is 0 Å². The average Bonchev–Trinajstić information content (AvgIpc) is 2.03. The van der Waals surface area contributed by atoms with Crippen molar-refractivity contribution in [1.82, 2.24) is 0 Å². The summed E-state index contributed by atoms with van der Waals surface area (Å²) in [6, 6.07) is 9.73. The predicted octanol–water partition coefficient (Wildman–Crippen LogP) is 3.91. The third kappa shape index (κ3) is 2.44. The quantitative estimate of drug-likeness (QED) is 0.568. The van der Waals surface area contributed by atoms with Crippen molar-refractivity contribution in [2.24, 2.45) is 0 Å². The zero-order valence-electron chi connectivity index (χ0n) is 7.22. The van der Waals surface area contributed by atoms with Crippen LogP contribution in [-0.2, 0) is 0 Å². The van der Waals surface area contributed by atoms with Gasteiger partial charge < -0.3 is 0 Å². The molecule has 0 spiro atoms. The molecule has 2 heteroatoms. The van der Waals surface area contributed by atoms with Crippen molar-refractivity contribution < 1.29 is 4.39 Å². The maximum atomic E-state index is 13.5. The third-order valence-corrected chi connectivity index (χ3v) is 3.90. The summed E-state index contributed by atoms with van der Waals surface area (Å²) in [6.45, 7) is 3.22. The van der Waals surface area contributed by atoms with Crippen molar-refractivity contribution in [3.8, 4) is 0 Å². The zero-order valence-corrected chi connectivity index (χ0v) is 9.38. The van der Waals surface area contributed by atoms with E-state index in [1.165, 1.54) is 0 Å². The van der Waals surface area contributed by atoms with E-state index in [4.69, 9.17) is 0 Å². The number of alkyl halides is 2. The molecule has 1 aromatic carbocycles. The van der Waals surface area contributed by atoms with E-state index >= 15 is 0 Å². The van der Waals surface area contributed by atoms with Crippen LogP contribution in [0.4, 0.5) is 4.39 Å². The van der Waals surface area contributed by atoms with E-state index in [1.807, 2.05) is 30.3 Å². The summed E-state index contributed by atoms with van der Waals surface area (Å²) >= 11 is 2.14. The molecule has 1 atom stereocenters. The summed E-state index contributed by atoms with van der Waals surface area (Å²) in [6.07, 6.45) is 0. The number of benzene rings is 1. The first-order valence-electron chi connectivity index (χ1n) is 3.90. The molecule has 0 aliphatic heterocycles. The summed E-state index contributed by atoms with van der Waals surface area (Å²) in [5.74, 6) is 0. The molecule has 0 amide bonds. The monoisotopic (exact) mass is 278 g/mol. The van der Waals surface area contributed by atoms with Crippen molar-refractivity contribution in [3.05, 3.63) is 35.9 Å². The minimum Gasteiger partial charge on any atom is -0.243 e.